The maximum absolute atomic E-state index is 11.0. The molecule has 2 aromatic carbocycles. The van der Waals surface area contributed by atoms with E-state index >= 15 is 0 Å². The van der Waals surface area contributed by atoms with E-state index in [2.05, 4.69) is 29.8 Å². The van der Waals surface area contributed by atoms with Crippen molar-refractivity contribution in [1.82, 2.24) is 0 Å². The summed E-state index contributed by atoms with van der Waals surface area (Å²) in [5.74, 6) is -0.367. The average Bonchev–Trinajstić information content (AvgIpc) is 2.94. The normalized spacial score (nSPS) is 15.5. The minimum Gasteiger partial charge on any atom is -0.748 e. The average molecular weight is 459 g/mol. The third-order valence-corrected chi connectivity index (χ3v) is 6.01. The summed E-state index contributed by atoms with van der Waals surface area (Å²) in [6, 6.07) is 18.9. The molecule has 1 aliphatic rings. The van der Waals surface area contributed by atoms with E-state index in [1.54, 1.807) is 0 Å². The first-order valence-corrected chi connectivity index (χ1v) is 11.8. The van der Waals surface area contributed by atoms with Gasteiger partial charge in [0, 0.05) is 35.6 Å². The van der Waals surface area contributed by atoms with Gasteiger partial charge in [0.25, 0.3) is 0 Å². The Kier molecular flexibility index (Phi) is 9.67. The van der Waals surface area contributed by atoms with Crippen molar-refractivity contribution in [2.24, 2.45) is 0 Å². The molecular weight excluding hydrogens is 431 g/mol. The number of anilines is 1. The molecule has 32 heavy (non-hydrogen) atoms. The SMILES string of the molecule is CC1(C)C(/C=C/C=C/C=C/Nc2ccccc2)=[N+](CCCS(=O)(=O)[O-])c2cc[c-]cc21.[Na+]. The van der Waals surface area contributed by atoms with Gasteiger partial charge in [0.2, 0.25) is 0 Å². The van der Waals surface area contributed by atoms with Gasteiger partial charge in [-0.25, -0.2) is 13.0 Å². The molecule has 0 saturated carbocycles. The summed E-state index contributed by atoms with van der Waals surface area (Å²) in [5.41, 5.74) is 3.99. The summed E-state index contributed by atoms with van der Waals surface area (Å²) >= 11 is 0. The second-order valence-electron chi connectivity index (χ2n) is 7.83. The Bertz CT molecular complexity index is 1130. The summed E-state index contributed by atoms with van der Waals surface area (Å²) < 4.78 is 35.2. The maximum atomic E-state index is 11.0. The van der Waals surface area contributed by atoms with Gasteiger partial charge in [0.05, 0.1) is 10.1 Å². The predicted octanol–water partition coefficient (Wildman–Crippen LogP) is 1.54. The van der Waals surface area contributed by atoms with Crippen molar-refractivity contribution in [2.45, 2.75) is 25.7 Å². The van der Waals surface area contributed by atoms with Crippen LogP contribution >= 0.6 is 0 Å². The molecule has 1 heterocycles. The van der Waals surface area contributed by atoms with E-state index in [1.807, 2.05) is 85.1 Å². The molecule has 0 fully saturated rings. The maximum Gasteiger partial charge on any atom is 1.00 e. The molecule has 5 nitrogen and oxygen atoms in total. The molecule has 0 saturated heterocycles. The zero-order chi connectivity index (χ0) is 22.3. The number of rotatable bonds is 9. The molecule has 0 aliphatic carbocycles. The van der Waals surface area contributed by atoms with E-state index in [9.17, 15) is 13.0 Å². The third-order valence-electron chi connectivity index (χ3n) is 5.22. The standard InChI is InChI=1S/C25H27N2O3S.Na/c1-25(2)22-15-9-10-16-23(22)27(19-12-20-31(28,29)30)24(25)17-8-3-4-11-18-26-21-13-6-5-7-14-21;/h3-8,10-11,13-18H,12,19-20H2,1-2H3,(H,28,29,30);/q-1;+1. The number of benzene rings is 2. The predicted molar refractivity (Wildman–Crippen MR) is 125 cm³/mol. The number of nitrogens with one attached hydrogen (secondary N) is 1. The van der Waals surface area contributed by atoms with Crippen molar-refractivity contribution < 1.29 is 47.1 Å². The number of fused-ring (bicyclic) bond motifs is 1. The fraction of sp³-hybridized carbons (Fsp3) is 0.240. The van der Waals surface area contributed by atoms with Gasteiger partial charge in [-0.15, -0.1) is 6.07 Å². The van der Waals surface area contributed by atoms with Crippen molar-refractivity contribution in [3.8, 4) is 0 Å². The van der Waals surface area contributed by atoms with E-state index in [1.165, 1.54) is 0 Å². The van der Waals surface area contributed by atoms with Gasteiger partial charge < -0.3 is 9.87 Å². The zero-order valence-corrected chi connectivity index (χ0v) is 21.6. The van der Waals surface area contributed by atoms with E-state index in [4.69, 9.17) is 0 Å². The van der Waals surface area contributed by atoms with Crippen molar-refractivity contribution in [3.63, 3.8) is 0 Å². The van der Waals surface area contributed by atoms with Crippen molar-refractivity contribution in [3.05, 3.63) is 96.7 Å². The monoisotopic (exact) mass is 458 g/mol. The van der Waals surface area contributed by atoms with Crippen molar-refractivity contribution in [1.29, 1.82) is 0 Å². The minimum atomic E-state index is -4.22. The number of hydrogen-bond acceptors (Lipinski definition) is 4. The van der Waals surface area contributed by atoms with Crippen LogP contribution < -0.4 is 34.9 Å². The van der Waals surface area contributed by atoms with Gasteiger partial charge in [0.1, 0.15) is 12.2 Å². The second-order valence-corrected chi connectivity index (χ2v) is 9.36. The molecule has 0 radical (unpaired) electrons. The molecule has 7 heteroatoms. The van der Waals surface area contributed by atoms with Gasteiger partial charge in [-0.1, -0.05) is 55.8 Å². The number of allylic oxidation sites excluding steroid dienone is 5. The second kappa shape index (κ2) is 11.8. The van der Waals surface area contributed by atoms with Crippen molar-refractivity contribution in [2.75, 3.05) is 17.6 Å². The van der Waals surface area contributed by atoms with E-state index < -0.39 is 10.1 Å². The fourth-order valence-electron chi connectivity index (χ4n) is 3.71. The number of hydrogen-bond donors (Lipinski definition) is 1. The first-order valence-electron chi connectivity index (χ1n) is 10.2. The van der Waals surface area contributed by atoms with Crippen LogP contribution in [-0.4, -0.2) is 35.6 Å². The Balaban J connectivity index is 0.00000363. The molecule has 0 spiro atoms. The van der Waals surface area contributed by atoms with Crippen LogP contribution in [0.1, 0.15) is 25.8 Å². The molecule has 0 unspecified atom stereocenters. The Morgan fingerprint density at radius 3 is 2.53 bits per heavy atom. The van der Waals surface area contributed by atoms with Crippen LogP contribution in [0.15, 0.2) is 85.1 Å². The van der Waals surface area contributed by atoms with Crippen LogP contribution in [-0.2, 0) is 15.5 Å². The minimum absolute atomic E-state index is 0. The van der Waals surface area contributed by atoms with Gasteiger partial charge in [-0.3, -0.25) is 0 Å². The van der Waals surface area contributed by atoms with Crippen LogP contribution in [0.3, 0.4) is 0 Å². The van der Waals surface area contributed by atoms with Crippen molar-refractivity contribution >= 4 is 27.2 Å². The summed E-state index contributed by atoms with van der Waals surface area (Å²) in [4.78, 5) is 0. The first kappa shape index (κ1) is 26.3. The molecule has 0 bridgehead atoms. The van der Waals surface area contributed by atoms with Gasteiger partial charge in [-0.05, 0) is 18.2 Å². The molecule has 162 valence electrons. The Morgan fingerprint density at radius 2 is 1.81 bits per heavy atom. The number of nitrogens with zero attached hydrogens (tertiary/aromatic N) is 1. The Morgan fingerprint density at radius 1 is 1.09 bits per heavy atom. The van der Waals surface area contributed by atoms with Crippen LogP contribution in [0.2, 0.25) is 0 Å². The van der Waals surface area contributed by atoms with Crippen LogP contribution in [0.5, 0.6) is 0 Å². The molecule has 2 aromatic rings. The molecular formula is C25H27N2NaO3S. The summed E-state index contributed by atoms with van der Waals surface area (Å²) in [5, 5.41) is 3.20. The van der Waals surface area contributed by atoms with Crippen LogP contribution in [0.25, 0.3) is 0 Å². The molecule has 1 aliphatic heterocycles. The quantitative estimate of drug-likeness (QED) is 0.203. The smallest absolute Gasteiger partial charge is 0.748 e. The Hall–Kier alpha value is -1.96. The number of para-hydroxylation sites is 1. The molecule has 3 rings (SSSR count). The topological polar surface area (TPSA) is 72.2 Å². The Labute approximate surface area is 213 Å². The summed E-state index contributed by atoms with van der Waals surface area (Å²) in [7, 11) is -4.22. The molecule has 1 N–H and O–H groups in total. The van der Waals surface area contributed by atoms with Crippen LogP contribution in [0, 0.1) is 6.07 Å². The van der Waals surface area contributed by atoms with E-state index in [0.29, 0.717) is 6.54 Å². The largest absolute Gasteiger partial charge is 1.00 e. The molecule has 0 amide bonds. The zero-order valence-electron chi connectivity index (χ0n) is 18.8. The summed E-state index contributed by atoms with van der Waals surface area (Å²) in [6.07, 6.45) is 12.0. The van der Waals surface area contributed by atoms with Gasteiger partial charge in [-0.2, -0.15) is 18.2 Å². The first-order chi connectivity index (χ1) is 14.8. The van der Waals surface area contributed by atoms with Gasteiger partial charge in [0.15, 0.2) is 5.71 Å². The van der Waals surface area contributed by atoms with E-state index in [0.717, 1.165) is 22.6 Å². The summed E-state index contributed by atoms with van der Waals surface area (Å²) in [6.45, 7) is 4.74. The van der Waals surface area contributed by atoms with Gasteiger partial charge >= 0.3 is 29.6 Å². The van der Waals surface area contributed by atoms with E-state index in [-0.39, 0.29) is 47.1 Å². The fourth-order valence-corrected chi connectivity index (χ4v) is 4.19. The third kappa shape index (κ3) is 7.02. The van der Waals surface area contributed by atoms with Crippen LogP contribution in [0.4, 0.5) is 11.4 Å². The molecule has 0 aromatic heterocycles. The molecule has 0 atom stereocenters.